The predicted octanol–water partition coefficient (Wildman–Crippen LogP) is 22.8. The number of allylic oxidation sites excluding steroid dienone is 16. The Labute approximate surface area is 483 Å². The molecule has 0 rings (SSSR count). The van der Waals surface area contributed by atoms with Gasteiger partial charge in [-0.3, -0.25) is 14.4 Å². The van der Waals surface area contributed by atoms with Crippen molar-refractivity contribution in [3.05, 3.63) is 97.2 Å². The van der Waals surface area contributed by atoms with Crippen LogP contribution in [0.5, 0.6) is 0 Å². The van der Waals surface area contributed by atoms with E-state index in [1.807, 2.05) is 0 Å². The molecule has 0 aromatic heterocycles. The Bertz CT molecular complexity index is 1530. The maximum absolute atomic E-state index is 12.9. The Morgan fingerprint density at radius 1 is 0.269 bits per heavy atom. The van der Waals surface area contributed by atoms with E-state index < -0.39 is 6.10 Å². The largest absolute Gasteiger partial charge is 0.462 e. The smallest absolute Gasteiger partial charge is 0.306 e. The van der Waals surface area contributed by atoms with E-state index in [0.29, 0.717) is 19.3 Å². The molecular weight excluding hydrogens is 961 g/mol. The minimum Gasteiger partial charge on any atom is -0.462 e. The molecule has 0 fully saturated rings. The monoisotopic (exact) mass is 1080 g/mol. The fourth-order valence-electron chi connectivity index (χ4n) is 9.32. The third kappa shape index (κ3) is 63.2. The van der Waals surface area contributed by atoms with Crippen molar-refractivity contribution in [3.8, 4) is 0 Å². The highest BCUT2D eigenvalue weighted by atomic mass is 16.6. The molecule has 0 bridgehead atoms. The second-order valence-corrected chi connectivity index (χ2v) is 22.0. The van der Waals surface area contributed by atoms with Crippen LogP contribution >= 0.6 is 0 Å². The molecule has 0 saturated heterocycles. The number of ether oxygens (including phenoxy) is 3. The highest BCUT2D eigenvalue weighted by molar-refractivity contribution is 5.71. The molecule has 6 nitrogen and oxygen atoms in total. The number of carbonyl (C=O) groups excluding carboxylic acids is 3. The van der Waals surface area contributed by atoms with Gasteiger partial charge in [0.25, 0.3) is 0 Å². The molecule has 78 heavy (non-hydrogen) atoms. The Hall–Kier alpha value is -3.67. The van der Waals surface area contributed by atoms with Crippen molar-refractivity contribution in [1.82, 2.24) is 0 Å². The van der Waals surface area contributed by atoms with Crippen molar-refractivity contribution in [1.29, 1.82) is 0 Å². The molecular formula is C72H124O6. The summed E-state index contributed by atoms with van der Waals surface area (Å²) >= 11 is 0. The summed E-state index contributed by atoms with van der Waals surface area (Å²) in [6, 6.07) is 0. The zero-order chi connectivity index (χ0) is 56.4. The van der Waals surface area contributed by atoms with Gasteiger partial charge in [0, 0.05) is 19.3 Å². The van der Waals surface area contributed by atoms with Gasteiger partial charge in [-0.1, -0.05) is 279 Å². The molecule has 0 spiro atoms. The summed E-state index contributed by atoms with van der Waals surface area (Å²) in [5, 5.41) is 0. The van der Waals surface area contributed by atoms with Crippen LogP contribution in [0, 0.1) is 0 Å². The summed E-state index contributed by atoms with van der Waals surface area (Å²) in [6.45, 7) is 6.48. The van der Waals surface area contributed by atoms with Gasteiger partial charge in [0.05, 0.1) is 0 Å². The molecule has 0 amide bonds. The first-order chi connectivity index (χ1) is 38.5. The quantitative estimate of drug-likeness (QED) is 0.0261. The first kappa shape index (κ1) is 74.3. The molecule has 0 aromatic carbocycles. The van der Waals surface area contributed by atoms with Crippen LogP contribution < -0.4 is 0 Å². The van der Waals surface area contributed by atoms with E-state index >= 15 is 0 Å². The van der Waals surface area contributed by atoms with Gasteiger partial charge in [0.15, 0.2) is 6.10 Å². The van der Waals surface area contributed by atoms with E-state index in [9.17, 15) is 14.4 Å². The van der Waals surface area contributed by atoms with Crippen LogP contribution in [0.3, 0.4) is 0 Å². The van der Waals surface area contributed by atoms with Crippen molar-refractivity contribution >= 4 is 17.9 Å². The molecule has 0 aliphatic rings. The maximum Gasteiger partial charge on any atom is 0.306 e. The van der Waals surface area contributed by atoms with Gasteiger partial charge in [-0.15, -0.1) is 0 Å². The Morgan fingerprint density at radius 3 is 0.821 bits per heavy atom. The van der Waals surface area contributed by atoms with Crippen LogP contribution in [0.1, 0.15) is 323 Å². The van der Waals surface area contributed by atoms with Crippen molar-refractivity contribution in [2.24, 2.45) is 0 Å². The fraction of sp³-hybridized carbons (Fsp3) is 0.736. The van der Waals surface area contributed by atoms with Crippen LogP contribution in [-0.4, -0.2) is 37.2 Å². The lowest BCUT2D eigenvalue weighted by Gasteiger charge is -2.18. The molecule has 448 valence electrons. The summed E-state index contributed by atoms with van der Waals surface area (Å²) in [5.41, 5.74) is 0. The number of hydrogen-bond acceptors (Lipinski definition) is 6. The van der Waals surface area contributed by atoms with Crippen molar-refractivity contribution in [2.45, 2.75) is 329 Å². The lowest BCUT2D eigenvalue weighted by molar-refractivity contribution is -0.167. The minimum absolute atomic E-state index is 0.0950. The van der Waals surface area contributed by atoms with Crippen LogP contribution in [-0.2, 0) is 28.6 Å². The zero-order valence-corrected chi connectivity index (χ0v) is 51.4. The third-order valence-electron chi connectivity index (χ3n) is 14.3. The SMILES string of the molecule is CC/C=C\C/C=C\C/C=C\C/C=C\CCCCC(=O)OCC(COC(=O)CCCCCCCCCCCCCCCCCCC/C=C\C/C=C\CCCCCCC)OC(=O)CCCCCCC/C=C\C/C=C\CCCCCC. The average Bonchev–Trinajstić information content (AvgIpc) is 3.44. The van der Waals surface area contributed by atoms with E-state index in [-0.39, 0.29) is 31.1 Å². The van der Waals surface area contributed by atoms with E-state index in [0.717, 1.165) is 116 Å². The molecule has 1 atom stereocenters. The molecule has 0 aliphatic carbocycles. The molecule has 6 heteroatoms. The topological polar surface area (TPSA) is 78.9 Å². The fourth-order valence-corrected chi connectivity index (χ4v) is 9.32. The number of rotatable bonds is 60. The van der Waals surface area contributed by atoms with Gasteiger partial charge >= 0.3 is 17.9 Å². The maximum atomic E-state index is 12.9. The number of unbranched alkanes of at least 4 members (excludes halogenated alkanes) is 33. The van der Waals surface area contributed by atoms with Crippen molar-refractivity contribution < 1.29 is 28.6 Å². The van der Waals surface area contributed by atoms with Gasteiger partial charge in [-0.05, 0) is 122 Å². The van der Waals surface area contributed by atoms with E-state index in [1.54, 1.807) is 0 Å². The van der Waals surface area contributed by atoms with Crippen LogP contribution in [0.25, 0.3) is 0 Å². The Balaban J connectivity index is 4.28. The standard InChI is InChI=1S/C72H124O6/c1-4-7-10-13-16-19-22-25-28-30-31-32-33-34-35-36-37-38-39-40-41-42-45-47-50-53-56-59-62-65-71(74)77-68-69(67-76-70(73)64-61-58-55-52-49-46-43-27-24-21-18-15-12-9-6-3)78-72(75)66-63-60-57-54-51-48-44-29-26-23-20-17-14-11-8-5-2/h9,12,18,20-23,25,27,29-31,43-44,49,52,69H,4-8,10-11,13-17,19,24,26,28,32-42,45-48,50-51,53-68H2,1-3H3/b12-9-,21-18-,23-20-,25-22-,31-30-,43-27-,44-29-,52-49-. The first-order valence-corrected chi connectivity index (χ1v) is 33.2. The van der Waals surface area contributed by atoms with Crippen LogP contribution in [0.2, 0.25) is 0 Å². The molecule has 0 heterocycles. The van der Waals surface area contributed by atoms with Gasteiger partial charge in [-0.2, -0.15) is 0 Å². The summed E-state index contributed by atoms with van der Waals surface area (Å²) < 4.78 is 16.9. The third-order valence-corrected chi connectivity index (χ3v) is 14.3. The van der Waals surface area contributed by atoms with E-state index in [1.165, 1.54) is 167 Å². The minimum atomic E-state index is -0.803. The number of esters is 3. The summed E-state index contributed by atoms with van der Waals surface area (Å²) in [4.78, 5) is 38.3. The second-order valence-electron chi connectivity index (χ2n) is 22.0. The predicted molar refractivity (Wildman–Crippen MR) is 339 cm³/mol. The lowest BCUT2D eigenvalue weighted by atomic mass is 10.0. The summed E-state index contributed by atoms with van der Waals surface area (Å²) in [7, 11) is 0. The highest BCUT2D eigenvalue weighted by Gasteiger charge is 2.19. The van der Waals surface area contributed by atoms with E-state index in [4.69, 9.17) is 14.2 Å². The lowest BCUT2D eigenvalue weighted by Crippen LogP contribution is -2.30. The van der Waals surface area contributed by atoms with Crippen LogP contribution in [0.15, 0.2) is 97.2 Å². The summed E-state index contributed by atoms with van der Waals surface area (Å²) in [6.07, 6.45) is 88.6. The number of hydrogen-bond donors (Lipinski definition) is 0. The van der Waals surface area contributed by atoms with Gasteiger partial charge in [0.2, 0.25) is 0 Å². The van der Waals surface area contributed by atoms with E-state index in [2.05, 4.69) is 118 Å². The highest BCUT2D eigenvalue weighted by Crippen LogP contribution is 2.16. The molecule has 0 aromatic rings. The van der Waals surface area contributed by atoms with Crippen LogP contribution in [0.4, 0.5) is 0 Å². The molecule has 0 N–H and O–H groups in total. The average molecular weight is 1090 g/mol. The van der Waals surface area contributed by atoms with Gasteiger partial charge in [-0.25, -0.2) is 0 Å². The van der Waals surface area contributed by atoms with Crippen molar-refractivity contribution in [2.75, 3.05) is 13.2 Å². The number of carbonyl (C=O) groups is 3. The zero-order valence-electron chi connectivity index (χ0n) is 51.4. The van der Waals surface area contributed by atoms with Gasteiger partial charge in [0.1, 0.15) is 13.2 Å². The molecule has 1 unspecified atom stereocenters. The second kappa shape index (κ2) is 65.8. The van der Waals surface area contributed by atoms with Gasteiger partial charge < -0.3 is 14.2 Å². The molecule has 0 aliphatic heterocycles. The Morgan fingerprint density at radius 2 is 0.500 bits per heavy atom. The molecule has 0 radical (unpaired) electrons. The summed E-state index contributed by atoms with van der Waals surface area (Å²) in [5.74, 6) is -0.942. The normalized spacial score (nSPS) is 12.7. The first-order valence-electron chi connectivity index (χ1n) is 33.2. The molecule has 0 saturated carbocycles. The van der Waals surface area contributed by atoms with Crippen molar-refractivity contribution in [3.63, 3.8) is 0 Å². The Kier molecular flexibility index (Phi) is 62.7.